The Kier molecular flexibility index (Phi) is 4.51. The number of nitrogens with one attached hydrogen (secondary N) is 1. The van der Waals surface area contributed by atoms with E-state index in [1.807, 2.05) is 44.2 Å². The summed E-state index contributed by atoms with van der Waals surface area (Å²) in [7, 11) is 0. The van der Waals surface area contributed by atoms with Crippen LogP contribution in [0.2, 0.25) is 0 Å². The number of carbonyl (C=O) groups is 2. The van der Waals surface area contributed by atoms with Gasteiger partial charge in [0.15, 0.2) is 6.61 Å². The minimum Gasteiger partial charge on any atom is -0.482 e. The van der Waals surface area contributed by atoms with E-state index < -0.39 is 0 Å². The summed E-state index contributed by atoms with van der Waals surface area (Å²) < 4.78 is 5.40. The van der Waals surface area contributed by atoms with Crippen molar-refractivity contribution in [3.05, 3.63) is 53.6 Å². The molecule has 0 aliphatic carbocycles. The molecule has 0 spiro atoms. The predicted molar refractivity (Wildman–Crippen MR) is 93.5 cm³/mol. The minimum atomic E-state index is -0.218. The van der Waals surface area contributed by atoms with Gasteiger partial charge in [-0.05, 0) is 36.6 Å². The highest BCUT2D eigenvalue weighted by Crippen LogP contribution is 2.31. The van der Waals surface area contributed by atoms with E-state index in [1.165, 1.54) is 4.90 Å². The van der Waals surface area contributed by atoms with Crippen LogP contribution in [0, 0.1) is 6.92 Å². The maximum absolute atomic E-state index is 12.5. The van der Waals surface area contributed by atoms with Crippen LogP contribution in [0.15, 0.2) is 42.5 Å². The maximum atomic E-state index is 12.5. The molecule has 0 atom stereocenters. The fourth-order valence-electron chi connectivity index (χ4n) is 2.85. The molecular weight excluding hydrogens is 304 g/mol. The Hall–Kier alpha value is -2.82. The van der Waals surface area contributed by atoms with E-state index in [1.54, 1.807) is 12.1 Å². The van der Waals surface area contributed by atoms with Gasteiger partial charge < -0.3 is 10.1 Å². The van der Waals surface area contributed by atoms with Gasteiger partial charge in [-0.25, -0.2) is 0 Å². The summed E-state index contributed by atoms with van der Waals surface area (Å²) in [6.07, 6.45) is 0.830. The van der Waals surface area contributed by atoms with Crippen LogP contribution in [-0.4, -0.2) is 25.0 Å². The number of hydrogen-bond acceptors (Lipinski definition) is 3. The normalized spacial score (nSPS) is 13.2. The predicted octanol–water partition coefficient (Wildman–Crippen LogP) is 2.92. The maximum Gasteiger partial charge on any atom is 0.265 e. The van der Waals surface area contributed by atoms with Crippen molar-refractivity contribution < 1.29 is 14.3 Å². The number of para-hydroxylation sites is 3. The Morgan fingerprint density at radius 1 is 1.21 bits per heavy atom. The van der Waals surface area contributed by atoms with E-state index in [4.69, 9.17) is 4.74 Å². The first-order chi connectivity index (χ1) is 11.6. The molecule has 0 aromatic heterocycles. The average Bonchev–Trinajstić information content (AvgIpc) is 2.59. The number of benzene rings is 2. The molecule has 0 unspecified atom stereocenters. The second-order valence-corrected chi connectivity index (χ2v) is 5.75. The summed E-state index contributed by atoms with van der Waals surface area (Å²) in [4.78, 5) is 26.1. The fraction of sp³-hybridized carbons (Fsp3) is 0.263. The smallest absolute Gasteiger partial charge is 0.265 e. The van der Waals surface area contributed by atoms with Gasteiger partial charge in [-0.1, -0.05) is 37.3 Å². The Morgan fingerprint density at radius 3 is 2.79 bits per heavy atom. The molecule has 1 aliphatic rings. The van der Waals surface area contributed by atoms with Gasteiger partial charge in [-0.15, -0.1) is 0 Å². The van der Waals surface area contributed by atoms with Crippen molar-refractivity contribution in [2.75, 3.05) is 23.4 Å². The Balaban J connectivity index is 1.80. The highest BCUT2D eigenvalue weighted by molar-refractivity contribution is 6.05. The van der Waals surface area contributed by atoms with E-state index in [-0.39, 0.29) is 25.0 Å². The van der Waals surface area contributed by atoms with Crippen molar-refractivity contribution in [1.29, 1.82) is 0 Å². The molecule has 124 valence electrons. The number of fused-ring (bicyclic) bond motifs is 1. The first-order valence-corrected chi connectivity index (χ1v) is 8.00. The molecule has 0 saturated carbocycles. The van der Waals surface area contributed by atoms with Crippen molar-refractivity contribution in [1.82, 2.24) is 0 Å². The second kappa shape index (κ2) is 6.74. The topological polar surface area (TPSA) is 58.6 Å². The quantitative estimate of drug-likeness (QED) is 0.941. The summed E-state index contributed by atoms with van der Waals surface area (Å²) in [6.45, 7) is 3.93. The van der Waals surface area contributed by atoms with Gasteiger partial charge in [0, 0.05) is 5.69 Å². The zero-order valence-corrected chi connectivity index (χ0v) is 13.8. The fourth-order valence-corrected chi connectivity index (χ4v) is 2.85. The van der Waals surface area contributed by atoms with Crippen LogP contribution in [0.3, 0.4) is 0 Å². The first-order valence-electron chi connectivity index (χ1n) is 8.00. The lowest BCUT2D eigenvalue weighted by atomic mass is 10.1. The van der Waals surface area contributed by atoms with Gasteiger partial charge in [0.25, 0.3) is 5.91 Å². The van der Waals surface area contributed by atoms with Crippen LogP contribution in [-0.2, 0) is 16.0 Å². The van der Waals surface area contributed by atoms with E-state index in [2.05, 4.69) is 5.32 Å². The van der Waals surface area contributed by atoms with E-state index >= 15 is 0 Å². The van der Waals surface area contributed by atoms with Crippen LogP contribution < -0.4 is 15.0 Å². The molecule has 2 amide bonds. The van der Waals surface area contributed by atoms with Gasteiger partial charge in [-0.2, -0.15) is 0 Å². The first kappa shape index (κ1) is 16.1. The molecule has 2 aromatic carbocycles. The van der Waals surface area contributed by atoms with E-state index in [0.717, 1.165) is 23.2 Å². The van der Waals surface area contributed by atoms with Gasteiger partial charge >= 0.3 is 0 Å². The highest BCUT2D eigenvalue weighted by atomic mass is 16.5. The van der Waals surface area contributed by atoms with Gasteiger partial charge in [0.1, 0.15) is 12.3 Å². The van der Waals surface area contributed by atoms with E-state index in [9.17, 15) is 9.59 Å². The van der Waals surface area contributed by atoms with Gasteiger partial charge in [0.05, 0.1) is 5.69 Å². The molecule has 3 rings (SSSR count). The molecule has 1 aliphatic heterocycles. The Labute approximate surface area is 141 Å². The molecule has 0 fully saturated rings. The van der Waals surface area contributed by atoms with Crippen LogP contribution in [0.1, 0.15) is 18.1 Å². The van der Waals surface area contributed by atoms with Crippen LogP contribution in [0.5, 0.6) is 5.75 Å². The number of anilines is 2. The number of amides is 2. The molecule has 2 aromatic rings. The van der Waals surface area contributed by atoms with Crippen LogP contribution in [0.25, 0.3) is 0 Å². The Morgan fingerprint density at radius 2 is 2.00 bits per heavy atom. The molecule has 0 radical (unpaired) electrons. The van der Waals surface area contributed by atoms with Crippen LogP contribution in [0.4, 0.5) is 11.4 Å². The van der Waals surface area contributed by atoms with Gasteiger partial charge in [0.2, 0.25) is 5.91 Å². The van der Waals surface area contributed by atoms with Crippen molar-refractivity contribution in [3.8, 4) is 5.75 Å². The third-order valence-corrected chi connectivity index (χ3v) is 4.11. The summed E-state index contributed by atoms with van der Waals surface area (Å²) in [5.74, 6) is 0.184. The summed E-state index contributed by atoms with van der Waals surface area (Å²) in [6, 6.07) is 13.2. The summed E-state index contributed by atoms with van der Waals surface area (Å²) >= 11 is 0. The number of nitrogens with zero attached hydrogens (tertiary/aromatic N) is 1. The molecule has 24 heavy (non-hydrogen) atoms. The Bertz CT molecular complexity index is 786. The van der Waals surface area contributed by atoms with Gasteiger partial charge in [-0.3, -0.25) is 14.5 Å². The minimum absolute atomic E-state index is 0.0311. The molecule has 0 bridgehead atoms. The third kappa shape index (κ3) is 3.11. The van der Waals surface area contributed by atoms with Crippen molar-refractivity contribution in [3.63, 3.8) is 0 Å². The lowest BCUT2D eigenvalue weighted by molar-refractivity contribution is -0.123. The number of carbonyl (C=O) groups excluding carboxylic acids is 2. The third-order valence-electron chi connectivity index (χ3n) is 4.11. The SMILES string of the molecule is CCc1cccc(C)c1NC(=O)CN1C(=O)COc2ccccc21. The van der Waals surface area contributed by atoms with Crippen LogP contribution >= 0.6 is 0 Å². The van der Waals surface area contributed by atoms with Crippen molar-refractivity contribution in [2.24, 2.45) is 0 Å². The van der Waals surface area contributed by atoms with E-state index in [0.29, 0.717) is 11.4 Å². The molecule has 1 heterocycles. The lowest BCUT2D eigenvalue weighted by Gasteiger charge is -2.28. The zero-order valence-electron chi connectivity index (χ0n) is 13.8. The molecular formula is C19H20N2O3. The van der Waals surface area contributed by atoms with Crippen molar-refractivity contribution >= 4 is 23.2 Å². The monoisotopic (exact) mass is 324 g/mol. The number of aryl methyl sites for hydroxylation is 2. The number of hydrogen-bond donors (Lipinski definition) is 1. The molecule has 0 saturated heterocycles. The molecule has 5 heteroatoms. The molecule has 5 nitrogen and oxygen atoms in total. The second-order valence-electron chi connectivity index (χ2n) is 5.75. The standard InChI is InChI=1S/C19H20N2O3/c1-3-14-8-6-7-13(2)19(14)20-17(22)11-21-15-9-4-5-10-16(15)24-12-18(21)23/h4-10H,3,11-12H2,1-2H3,(H,20,22). The highest BCUT2D eigenvalue weighted by Gasteiger charge is 2.27. The summed E-state index contributed by atoms with van der Waals surface area (Å²) in [5.41, 5.74) is 3.55. The number of ether oxygens (including phenoxy) is 1. The average molecular weight is 324 g/mol. The largest absolute Gasteiger partial charge is 0.482 e. The summed E-state index contributed by atoms with van der Waals surface area (Å²) in [5, 5.41) is 2.95. The molecule has 1 N–H and O–H groups in total. The zero-order chi connectivity index (χ0) is 17.1. The lowest BCUT2D eigenvalue weighted by Crippen LogP contribution is -2.43. The number of rotatable bonds is 4. The van der Waals surface area contributed by atoms with Crippen molar-refractivity contribution in [2.45, 2.75) is 20.3 Å².